The van der Waals surface area contributed by atoms with Crippen LogP contribution in [-0.4, -0.2) is 25.0 Å². The van der Waals surface area contributed by atoms with E-state index in [0.29, 0.717) is 0 Å². The molecule has 39 heavy (non-hydrogen) atoms. The molecule has 4 aromatic carbocycles. The highest BCUT2D eigenvalue weighted by Crippen LogP contribution is 2.50. The maximum Gasteiger partial charge on any atom is 0.335 e. The van der Waals surface area contributed by atoms with Crippen molar-refractivity contribution in [1.29, 1.82) is 0 Å². The molecule has 4 heteroatoms. The zero-order valence-electron chi connectivity index (χ0n) is 23.4. The number of methoxy groups -OCH3 is 1. The predicted octanol–water partition coefficient (Wildman–Crippen LogP) is 8.72. The van der Waals surface area contributed by atoms with E-state index in [9.17, 15) is 9.90 Å². The van der Waals surface area contributed by atoms with Crippen LogP contribution in [0.15, 0.2) is 84.9 Å². The highest BCUT2D eigenvalue weighted by molar-refractivity contribution is 5.91. The Morgan fingerprint density at radius 2 is 1.33 bits per heavy atom. The van der Waals surface area contributed by atoms with Crippen LogP contribution in [-0.2, 0) is 15.6 Å². The van der Waals surface area contributed by atoms with Crippen LogP contribution in [0.1, 0.15) is 62.0 Å². The second-order valence-electron chi connectivity index (χ2n) is 11.7. The summed E-state index contributed by atoms with van der Waals surface area (Å²) in [6, 6.07) is 28.4. The molecule has 200 valence electrons. The molecule has 0 saturated carbocycles. The zero-order chi connectivity index (χ0) is 27.8. The Morgan fingerprint density at radius 1 is 0.718 bits per heavy atom. The van der Waals surface area contributed by atoms with E-state index in [4.69, 9.17) is 9.47 Å². The quantitative estimate of drug-likeness (QED) is 0.248. The number of aromatic carboxylic acids is 1. The maximum absolute atomic E-state index is 11.4. The first-order chi connectivity index (χ1) is 18.6. The van der Waals surface area contributed by atoms with E-state index in [-0.39, 0.29) is 23.2 Å². The molecule has 4 nitrogen and oxygen atoms in total. The third-order valence-corrected chi connectivity index (χ3v) is 8.14. The van der Waals surface area contributed by atoms with E-state index in [1.54, 1.807) is 19.2 Å². The standard InChI is InChI=1S/C35H36O4/c1-34(2)17-18-35(3,4)31-21-32(39-22-38-5)29(20-30(31)34)28-19-26(23-11-13-25(14-12-23)33(36)37)15-16-27(28)24-9-7-6-8-10-24/h6-16,19-21H,17-18,22H2,1-5H3,(H,36,37). The van der Waals surface area contributed by atoms with Crippen LogP contribution in [0.2, 0.25) is 0 Å². The topological polar surface area (TPSA) is 55.8 Å². The summed E-state index contributed by atoms with van der Waals surface area (Å²) in [7, 11) is 1.64. The summed E-state index contributed by atoms with van der Waals surface area (Å²) >= 11 is 0. The third-order valence-electron chi connectivity index (χ3n) is 8.14. The smallest absolute Gasteiger partial charge is 0.335 e. The van der Waals surface area contributed by atoms with Gasteiger partial charge in [-0.1, -0.05) is 82.3 Å². The average molecular weight is 521 g/mol. The van der Waals surface area contributed by atoms with Crippen LogP contribution in [0.5, 0.6) is 5.75 Å². The van der Waals surface area contributed by atoms with Crippen molar-refractivity contribution in [3.63, 3.8) is 0 Å². The van der Waals surface area contributed by atoms with Crippen molar-refractivity contribution in [1.82, 2.24) is 0 Å². The normalized spacial score (nSPS) is 15.4. The first kappa shape index (κ1) is 26.7. The van der Waals surface area contributed by atoms with Crippen LogP contribution >= 0.6 is 0 Å². The van der Waals surface area contributed by atoms with Gasteiger partial charge in [0.1, 0.15) is 5.75 Å². The Labute approximate surface area is 231 Å². The van der Waals surface area contributed by atoms with Crippen molar-refractivity contribution in [3.05, 3.63) is 102 Å². The van der Waals surface area contributed by atoms with E-state index in [0.717, 1.165) is 52.0 Å². The minimum absolute atomic E-state index is 0.0383. The molecule has 0 amide bonds. The number of ether oxygens (including phenoxy) is 2. The maximum atomic E-state index is 11.4. The summed E-state index contributed by atoms with van der Waals surface area (Å²) in [4.78, 5) is 11.4. The summed E-state index contributed by atoms with van der Waals surface area (Å²) in [5.74, 6) is -0.127. The molecule has 0 radical (unpaired) electrons. The number of rotatable bonds is 7. The fraction of sp³-hybridized carbons (Fsp3) is 0.286. The predicted molar refractivity (Wildman–Crippen MR) is 157 cm³/mol. The summed E-state index contributed by atoms with van der Waals surface area (Å²) < 4.78 is 11.6. The van der Waals surface area contributed by atoms with Gasteiger partial charge in [0.15, 0.2) is 6.79 Å². The third kappa shape index (κ3) is 5.22. The first-order valence-corrected chi connectivity index (χ1v) is 13.4. The molecule has 0 spiro atoms. The van der Waals surface area contributed by atoms with E-state index in [2.05, 4.69) is 82.3 Å². The summed E-state index contributed by atoms with van der Waals surface area (Å²) in [5, 5.41) is 9.35. The molecular formula is C35H36O4. The molecule has 0 aliphatic heterocycles. The Kier molecular flexibility index (Phi) is 7.09. The number of hydrogen-bond acceptors (Lipinski definition) is 3. The minimum Gasteiger partial charge on any atom is -0.478 e. The fourth-order valence-electron chi connectivity index (χ4n) is 5.67. The van der Waals surface area contributed by atoms with Crippen molar-refractivity contribution >= 4 is 5.97 Å². The molecule has 0 atom stereocenters. The molecule has 0 heterocycles. The summed E-state index contributed by atoms with van der Waals surface area (Å²) in [6.45, 7) is 9.46. The Hall–Kier alpha value is -3.89. The molecule has 0 bridgehead atoms. The minimum atomic E-state index is -0.929. The Morgan fingerprint density at radius 3 is 1.95 bits per heavy atom. The van der Waals surface area contributed by atoms with Gasteiger partial charge in [-0.05, 0) is 92.9 Å². The number of fused-ring (bicyclic) bond motifs is 1. The van der Waals surface area contributed by atoms with Crippen molar-refractivity contribution in [3.8, 4) is 39.1 Å². The second-order valence-corrected chi connectivity index (χ2v) is 11.7. The molecular weight excluding hydrogens is 484 g/mol. The molecule has 0 unspecified atom stereocenters. The van der Waals surface area contributed by atoms with Crippen molar-refractivity contribution in [2.75, 3.05) is 13.9 Å². The highest BCUT2D eigenvalue weighted by Gasteiger charge is 2.38. The van der Waals surface area contributed by atoms with Crippen LogP contribution < -0.4 is 4.74 Å². The van der Waals surface area contributed by atoms with Gasteiger partial charge in [0.2, 0.25) is 0 Å². The Bertz CT molecular complexity index is 1500. The van der Waals surface area contributed by atoms with Gasteiger partial charge in [0.05, 0.1) is 5.56 Å². The molecule has 0 fully saturated rings. The monoisotopic (exact) mass is 520 g/mol. The van der Waals surface area contributed by atoms with Crippen molar-refractivity contribution < 1.29 is 19.4 Å². The number of carboxylic acid groups (broad SMARTS) is 1. The summed E-state index contributed by atoms with van der Waals surface area (Å²) in [6.07, 6.45) is 2.24. The van der Waals surface area contributed by atoms with E-state index >= 15 is 0 Å². The number of hydrogen-bond donors (Lipinski definition) is 1. The number of carbonyl (C=O) groups is 1. The Balaban J connectivity index is 1.77. The molecule has 0 saturated heterocycles. The lowest BCUT2D eigenvalue weighted by atomic mass is 9.62. The SMILES string of the molecule is COCOc1cc2c(cc1-c1cc(-c3ccc(C(=O)O)cc3)ccc1-c1ccccc1)C(C)(C)CCC2(C)C. The lowest BCUT2D eigenvalue weighted by Gasteiger charge is -2.42. The molecule has 0 aromatic heterocycles. The van der Waals surface area contributed by atoms with Gasteiger partial charge in [0, 0.05) is 12.7 Å². The molecule has 1 N–H and O–H groups in total. The van der Waals surface area contributed by atoms with E-state index in [1.807, 2.05) is 18.2 Å². The van der Waals surface area contributed by atoms with Crippen molar-refractivity contribution in [2.45, 2.75) is 51.4 Å². The van der Waals surface area contributed by atoms with Gasteiger partial charge in [-0.25, -0.2) is 4.79 Å². The van der Waals surface area contributed by atoms with Crippen LogP contribution in [0.3, 0.4) is 0 Å². The second kappa shape index (κ2) is 10.3. The van der Waals surface area contributed by atoms with Gasteiger partial charge in [0.25, 0.3) is 0 Å². The molecule has 1 aliphatic rings. The van der Waals surface area contributed by atoms with Gasteiger partial charge in [-0.2, -0.15) is 0 Å². The summed E-state index contributed by atoms with van der Waals surface area (Å²) in [5.41, 5.74) is 9.33. The highest BCUT2D eigenvalue weighted by atomic mass is 16.7. The van der Waals surface area contributed by atoms with E-state index < -0.39 is 5.97 Å². The first-order valence-electron chi connectivity index (χ1n) is 13.4. The number of benzene rings is 4. The molecule has 4 aromatic rings. The molecule has 5 rings (SSSR count). The van der Waals surface area contributed by atoms with Crippen LogP contribution in [0.4, 0.5) is 0 Å². The fourth-order valence-corrected chi connectivity index (χ4v) is 5.67. The van der Waals surface area contributed by atoms with Gasteiger partial charge >= 0.3 is 5.97 Å². The zero-order valence-corrected chi connectivity index (χ0v) is 23.4. The van der Waals surface area contributed by atoms with Crippen LogP contribution in [0.25, 0.3) is 33.4 Å². The average Bonchev–Trinajstić information content (AvgIpc) is 2.94. The number of carboxylic acids is 1. The van der Waals surface area contributed by atoms with Gasteiger partial charge in [-0.15, -0.1) is 0 Å². The largest absolute Gasteiger partial charge is 0.478 e. The van der Waals surface area contributed by atoms with Gasteiger partial charge < -0.3 is 14.6 Å². The van der Waals surface area contributed by atoms with E-state index in [1.165, 1.54) is 11.1 Å². The van der Waals surface area contributed by atoms with Crippen molar-refractivity contribution in [2.24, 2.45) is 0 Å². The van der Waals surface area contributed by atoms with Crippen LogP contribution in [0, 0.1) is 0 Å². The lowest BCUT2D eigenvalue weighted by molar-refractivity contribution is 0.0513. The van der Waals surface area contributed by atoms with Gasteiger partial charge in [-0.3, -0.25) is 0 Å². The lowest BCUT2D eigenvalue weighted by Crippen LogP contribution is -2.34. The molecule has 1 aliphatic carbocycles.